The fraction of sp³-hybridized carbons (Fsp3) is 0.0714. The summed E-state index contributed by atoms with van der Waals surface area (Å²) in [6.45, 7) is 0. The lowest BCUT2D eigenvalue weighted by Crippen LogP contribution is -2.12. The minimum absolute atomic E-state index is 0.0204. The fourth-order valence-corrected chi connectivity index (χ4v) is 2.32. The normalized spacial score (nSPS) is 11.1. The molecule has 7 heteroatoms. The van der Waals surface area contributed by atoms with Gasteiger partial charge in [0.1, 0.15) is 0 Å². The lowest BCUT2D eigenvalue weighted by atomic mass is 10.2. The number of rotatable bonds is 3. The maximum Gasteiger partial charge on any atom is 0.255 e. The second kappa shape index (κ2) is 5.53. The first-order valence-corrected chi connectivity index (χ1v) is 7.76. The Balaban J connectivity index is 2.26. The average molecular weight is 309 g/mol. The molecule has 0 aliphatic carbocycles. The maximum atomic E-state index is 13.2. The van der Waals surface area contributed by atoms with Gasteiger partial charge in [-0.3, -0.25) is 4.79 Å². The number of sulfone groups is 1. The Morgan fingerprint density at radius 1 is 1.19 bits per heavy atom. The largest absolute Gasteiger partial charge is 0.505 e. The van der Waals surface area contributed by atoms with Crippen LogP contribution >= 0.6 is 0 Å². The predicted octanol–water partition coefficient (Wildman–Crippen LogP) is 2.19. The van der Waals surface area contributed by atoms with E-state index in [-0.39, 0.29) is 16.1 Å². The van der Waals surface area contributed by atoms with Crippen LogP contribution in [0, 0.1) is 5.82 Å². The first kappa shape index (κ1) is 15.0. The molecule has 0 unspecified atom stereocenters. The van der Waals surface area contributed by atoms with Crippen LogP contribution < -0.4 is 5.32 Å². The molecule has 0 aliphatic heterocycles. The van der Waals surface area contributed by atoms with Crippen molar-refractivity contribution in [2.75, 3.05) is 11.6 Å². The van der Waals surface area contributed by atoms with Gasteiger partial charge in [-0.25, -0.2) is 12.8 Å². The van der Waals surface area contributed by atoms with Crippen LogP contribution in [0.15, 0.2) is 47.4 Å². The molecule has 21 heavy (non-hydrogen) atoms. The van der Waals surface area contributed by atoms with Gasteiger partial charge < -0.3 is 10.4 Å². The number of aromatic hydroxyl groups is 1. The van der Waals surface area contributed by atoms with Crippen molar-refractivity contribution < 1.29 is 22.7 Å². The summed E-state index contributed by atoms with van der Waals surface area (Å²) in [6, 6.07) is 8.92. The van der Waals surface area contributed by atoms with E-state index in [0.717, 1.165) is 18.4 Å². The minimum Gasteiger partial charge on any atom is -0.505 e. The van der Waals surface area contributed by atoms with Crippen LogP contribution in [0.4, 0.5) is 10.1 Å². The zero-order valence-corrected chi connectivity index (χ0v) is 11.8. The number of benzene rings is 2. The number of halogens is 1. The quantitative estimate of drug-likeness (QED) is 0.851. The number of carbonyl (C=O) groups is 1. The molecule has 0 fully saturated rings. The Morgan fingerprint density at radius 3 is 2.52 bits per heavy atom. The Bertz CT molecular complexity index is 802. The third-order valence-corrected chi connectivity index (χ3v) is 3.84. The number of anilines is 1. The highest BCUT2D eigenvalue weighted by Gasteiger charge is 2.12. The SMILES string of the molecule is CS(=O)(=O)c1cccc(C(=O)Nc2ccc(O)c(F)c2)c1. The highest BCUT2D eigenvalue weighted by atomic mass is 32.2. The Kier molecular flexibility index (Phi) is 3.95. The van der Waals surface area contributed by atoms with E-state index in [9.17, 15) is 17.6 Å². The molecule has 2 aromatic rings. The lowest BCUT2D eigenvalue weighted by Gasteiger charge is -2.07. The third kappa shape index (κ3) is 3.57. The average Bonchev–Trinajstić information content (AvgIpc) is 2.42. The second-order valence-electron chi connectivity index (χ2n) is 4.42. The molecular formula is C14H12FNO4S. The van der Waals surface area contributed by atoms with E-state index in [1.165, 1.54) is 30.3 Å². The summed E-state index contributed by atoms with van der Waals surface area (Å²) < 4.78 is 36.0. The van der Waals surface area contributed by atoms with Crippen LogP contribution in [0.3, 0.4) is 0 Å². The summed E-state index contributed by atoms with van der Waals surface area (Å²) in [5.41, 5.74) is 0.284. The van der Waals surface area contributed by atoms with Gasteiger partial charge in [0.2, 0.25) is 0 Å². The topological polar surface area (TPSA) is 83.5 Å². The molecule has 5 nitrogen and oxygen atoms in total. The molecular weight excluding hydrogens is 297 g/mol. The minimum atomic E-state index is -3.42. The highest BCUT2D eigenvalue weighted by molar-refractivity contribution is 7.90. The summed E-state index contributed by atoms with van der Waals surface area (Å²) in [5, 5.41) is 11.5. The molecule has 0 saturated heterocycles. The number of carbonyl (C=O) groups excluding carboxylic acids is 1. The fourth-order valence-electron chi connectivity index (χ4n) is 1.66. The first-order chi connectivity index (χ1) is 9.77. The van der Waals surface area contributed by atoms with Crippen molar-refractivity contribution in [3.63, 3.8) is 0 Å². The van der Waals surface area contributed by atoms with Crippen molar-refractivity contribution in [3.8, 4) is 5.75 Å². The summed E-state index contributed by atoms with van der Waals surface area (Å²) >= 11 is 0. The van der Waals surface area contributed by atoms with Crippen LogP contribution in [0.1, 0.15) is 10.4 Å². The monoisotopic (exact) mass is 309 g/mol. The second-order valence-corrected chi connectivity index (χ2v) is 6.44. The molecule has 2 N–H and O–H groups in total. The van der Waals surface area contributed by atoms with Crippen LogP contribution in [0.2, 0.25) is 0 Å². The van der Waals surface area contributed by atoms with Gasteiger partial charge in [0, 0.05) is 23.6 Å². The van der Waals surface area contributed by atoms with Gasteiger partial charge in [0.15, 0.2) is 21.4 Å². The van der Waals surface area contributed by atoms with Crippen molar-refractivity contribution in [3.05, 3.63) is 53.8 Å². The van der Waals surface area contributed by atoms with Gasteiger partial charge in [0.25, 0.3) is 5.91 Å². The number of nitrogens with one attached hydrogen (secondary N) is 1. The van der Waals surface area contributed by atoms with E-state index in [0.29, 0.717) is 0 Å². The van der Waals surface area contributed by atoms with Crippen molar-refractivity contribution >= 4 is 21.4 Å². The van der Waals surface area contributed by atoms with Crippen molar-refractivity contribution in [2.45, 2.75) is 4.90 Å². The van der Waals surface area contributed by atoms with Gasteiger partial charge >= 0.3 is 0 Å². The molecule has 0 atom stereocenters. The summed E-state index contributed by atoms with van der Waals surface area (Å²) in [7, 11) is -3.42. The number of phenolic OH excluding ortho intramolecular Hbond substituents is 1. The smallest absolute Gasteiger partial charge is 0.255 e. The predicted molar refractivity (Wildman–Crippen MR) is 75.6 cm³/mol. The van der Waals surface area contributed by atoms with E-state index in [2.05, 4.69) is 5.32 Å². The van der Waals surface area contributed by atoms with E-state index < -0.39 is 27.3 Å². The van der Waals surface area contributed by atoms with E-state index in [1.807, 2.05) is 0 Å². The van der Waals surface area contributed by atoms with E-state index in [4.69, 9.17) is 5.11 Å². The van der Waals surface area contributed by atoms with Gasteiger partial charge in [-0.15, -0.1) is 0 Å². The van der Waals surface area contributed by atoms with E-state index in [1.54, 1.807) is 0 Å². The van der Waals surface area contributed by atoms with Gasteiger partial charge in [0.05, 0.1) is 4.90 Å². The van der Waals surface area contributed by atoms with Crippen LogP contribution in [-0.2, 0) is 9.84 Å². The number of phenols is 1. The first-order valence-electron chi connectivity index (χ1n) is 5.87. The van der Waals surface area contributed by atoms with Crippen molar-refractivity contribution in [1.82, 2.24) is 0 Å². The van der Waals surface area contributed by atoms with Crippen LogP contribution in [0.5, 0.6) is 5.75 Å². The third-order valence-electron chi connectivity index (χ3n) is 2.73. The standard InChI is InChI=1S/C14H12FNO4S/c1-21(19,20)11-4-2-3-9(7-11)14(18)16-10-5-6-13(17)12(15)8-10/h2-8,17H,1H3,(H,16,18). The number of amides is 1. The van der Waals surface area contributed by atoms with E-state index >= 15 is 0 Å². The molecule has 0 aromatic heterocycles. The number of hydrogen-bond donors (Lipinski definition) is 2. The lowest BCUT2D eigenvalue weighted by molar-refractivity contribution is 0.102. The number of hydrogen-bond acceptors (Lipinski definition) is 4. The molecule has 0 bridgehead atoms. The molecule has 0 radical (unpaired) electrons. The van der Waals surface area contributed by atoms with Crippen molar-refractivity contribution in [2.24, 2.45) is 0 Å². The maximum absolute atomic E-state index is 13.2. The molecule has 0 heterocycles. The molecule has 1 amide bonds. The Morgan fingerprint density at radius 2 is 1.90 bits per heavy atom. The zero-order valence-electron chi connectivity index (χ0n) is 11.0. The Labute approximate surface area is 121 Å². The molecule has 0 aliphatic rings. The van der Waals surface area contributed by atoms with Gasteiger partial charge in [-0.1, -0.05) is 6.07 Å². The summed E-state index contributed by atoms with van der Waals surface area (Å²) in [4.78, 5) is 12.0. The molecule has 0 saturated carbocycles. The Hall–Kier alpha value is -2.41. The highest BCUT2D eigenvalue weighted by Crippen LogP contribution is 2.20. The molecule has 2 aromatic carbocycles. The van der Waals surface area contributed by atoms with Crippen LogP contribution in [-0.4, -0.2) is 25.7 Å². The zero-order chi connectivity index (χ0) is 15.6. The molecule has 110 valence electrons. The van der Waals surface area contributed by atoms with Crippen molar-refractivity contribution in [1.29, 1.82) is 0 Å². The molecule has 0 spiro atoms. The van der Waals surface area contributed by atoms with Gasteiger partial charge in [-0.05, 0) is 30.3 Å². The summed E-state index contributed by atoms with van der Waals surface area (Å²) in [5.74, 6) is -1.96. The van der Waals surface area contributed by atoms with Gasteiger partial charge in [-0.2, -0.15) is 0 Å². The van der Waals surface area contributed by atoms with Crippen LogP contribution in [0.25, 0.3) is 0 Å². The summed E-state index contributed by atoms with van der Waals surface area (Å²) in [6.07, 6.45) is 1.04. The molecule has 2 rings (SSSR count).